The summed E-state index contributed by atoms with van der Waals surface area (Å²) >= 11 is 0. The van der Waals surface area contributed by atoms with Gasteiger partial charge < -0.3 is 10.2 Å². The summed E-state index contributed by atoms with van der Waals surface area (Å²) in [6.45, 7) is 10.2. The van der Waals surface area contributed by atoms with E-state index in [1.165, 1.54) is 5.56 Å². The van der Waals surface area contributed by atoms with E-state index in [2.05, 4.69) is 28.1 Å². The smallest absolute Gasteiger partial charge is 0.238 e. The van der Waals surface area contributed by atoms with Crippen LogP contribution < -0.4 is 5.32 Å². The number of benzene rings is 1. The molecular weight excluding hydrogens is 340 g/mol. The number of aryl methyl sites for hydroxylation is 2. The molecule has 6 nitrogen and oxygen atoms in total. The third kappa shape index (κ3) is 5.30. The topological polar surface area (TPSA) is 55.9 Å². The second kappa shape index (κ2) is 9.33. The number of carbonyl (C=O) groups is 2. The number of nitrogens with one attached hydrogen (secondary N) is 1. The van der Waals surface area contributed by atoms with Gasteiger partial charge >= 0.3 is 0 Å². The molecule has 0 atom stereocenters. The molecule has 6 heteroatoms. The molecule has 3 rings (SSSR count). The minimum atomic E-state index is 0.0422. The Kier molecular flexibility index (Phi) is 6.85. The summed E-state index contributed by atoms with van der Waals surface area (Å²) < 4.78 is 0. The highest BCUT2D eigenvalue weighted by atomic mass is 16.2. The first-order valence-corrected chi connectivity index (χ1v) is 10.2. The van der Waals surface area contributed by atoms with E-state index in [4.69, 9.17) is 0 Å². The minimum absolute atomic E-state index is 0.0422. The van der Waals surface area contributed by atoms with Crippen LogP contribution in [0, 0.1) is 6.92 Å². The van der Waals surface area contributed by atoms with Gasteiger partial charge in [0, 0.05) is 45.0 Å². The Bertz CT molecular complexity index is 662. The Hall–Kier alpha value is -1.92. The number of amides is 2. The molecule has 148 valence electrons. The molecule has 1 aromatic rings. The van der Waals surface area contributed by atoms with Crippen LogP contribution in [-0.2, 0) is 16.0 Å². The van der Waals surface area contributed by atoms with E-state index in [9.17, 15) is 9.59 Å². The Morgan fingerprint density at radius 1 is 0.963 bits per heavy atom. The van der Waals surface area contributed by atoms with E-state index in [1.54, 1.807) is 0 Å². The normalized spacial score (nSPS) is 18.7. The number of rotatable bonds is 6. The maximum Gasteiger partial charge on any atom is 0.238 e. The predicted octanol–water partition coefficient (Wildman–Crippen LogP) is 1.74. The molecule has 2 aliphatic heterocycles. The van der Waals surface area contributed by atoms with Gasteiger partial charge in [-0.2, -0.15) is 0 Å². The van der Waals surface area contributed by atoms with Crippen LogP contribution in [-0.4, -0.2) is 78.9 Å². The van der Waals surface area contributed by atoms with Gasteiger partial charge in [-0.25, -0.2) is 0 Å². The third-order valence-corrected chi connectivity index (χ3v) is 5.65. The number of hydrogen-bond donors (Lipinski definition) is 1. The zero-order valence-corrected chi connectivity index (χ0v) is 16.7. The van der Waals surface area contributed by atoms with Crippen molar-refractivity contribution >= 4 is 17.5 Å². The van der Waals surface area contributed by atoms with Crippen molar-refractivity contribution in [2.45, 2.75) is 33.1 Å². The van der Waals surface area contributed by atoms with Gasteiger partial charge in [-0.3, -0.25) is 19.4 Å². The molecule has 0 aromatic heterocycles. The molecule has 0 unspecified atom stereocenters. The lowest BCUT2D eigenvalue weighted by molar-refractivity contribution is -0.132. The summed E-state index contributed by atoms with van der Waals surface area (Å²) in [7, 11) is 0. The molecule has 2 fully saturated rings. The maximum atomic E-state index is 12.5. The van der Waals surface area contributed by atoms with E-state index in [-0.39, 0.29) is 11.8 Å². The molecule has 2 saturated heterocycles. The van der Waals surface area contributed by atoms with Gasteiger partial charge in [-0.05, 0) is 37.3 Å². The molecule has 0 saturated carbocycles. The quantitative estimate of drug-likeness (QED) is 0.826. The monoisotopic (exact) mass is 372 g/mol. The van der Waals surface area contributed by atoms with Crippen molar-refractivity contribution in [2.24, 2.45) is 0 Å². The molecular formula is C21H32N4O2. The molecule has 0 bridgehead atoms. The molecule has 2 amide bonds. The van der Waals surface area contributed by atoms with Crippen LogP contribution in [0.1, 0.15) is 30.9 Å². The van der Waals surface area contributed by atoms with Crippen molar-refractivity contribution in [3.8, 4) is 0 Å². The number of hydrogen-bond acceptors (Lipinski definition) is 4. The van der Waals surface area contributed by atoms with E-state index >= 15 is 0 Å². The van der Waals surface area contributed by atoms with Gasteiger partial charge in [0.25, 0.3) is 0 Å². The van der Waals surface area contributed by atoms with E-state index < -0.39 is 0 Å². The van der Waals surface area contributed by atoms with Gasteiger partial charge in [0.2, 0.25) is 11.8 Å². The highest BCUT2D eigenvalue weighted by molar-refractivity contribution is 5.93. The SMILES string of the molecule is CCc1cccc(C)c1NC(=O)CN1CCN(CC(=O)N2CCCC2)CC1. The first-order chi connectivity index (χ1) is 13.1. The fourth-order valence-electron chi connectivity index (χ4n) is 3.95. The second-order valence-electron chi connectivity index (χ2n) is 7.65. The average Bonchev–Trinajstić information content (AvgIpc) is 3.20. The number of anilines is 1. The highest BCUT2D eigenvalue weighted by Gasteiger charge is 2.24. The zero-order valence-electron chi connectivity index (χ0n) is 16.7. The molecule has 0 aliphatic carbocycles. The van der Waals surface area contributed by atoms with Crippen LogP contribution in [0.4, 0.5) is 5.69 Å². The van der Waals surface area contributed by atoms with Gasteiger partial charge in [-0.1, -0.05) is 25.1 Å². The van der Waals surface area contributed by atoms with Gasteiger partial charge in [0.15, 0.2) is 0 Å². The molecule has 1 aromatic carbocycles. The summed E-state index contributed by atoms with van der Waals surface area (Å²) in [6.07, 6.45) is 3.17. The number of nitrogens with zero attached hydrogens (tertiary/aromatic N) is 3. The van der Waals surface area contributed by atoms with Crippen molar-refractivity contribution in [3.05, 3.63) is 29.3 Å². The summed E-state index contributed by atoms with van der Waals surface area (Å²) in [6, 6.07) is 6.14. The molecule has 0 radical (unpaired) electrons. The lowest BCUT2D eigenvalue weighted by Crippen LogP contribution is -2.51. The van der Waals surface area contributed by atoms with Crippen LogP contribution in [0.2, 0.25) is 0 Å². The summed E-state index contributed by atoms with van der Waals surface area (Å²) in [5.74, 6) is 0.297. The lowest BCUT2D eigenvalue weighted by atomic mass is 10.1. The van der Waals surface area contributed by atoms with Crippen molar-refractivity contribution < 1.29 is 9.59 Å². The number of likely N-dealkylation sites (tertiary alicyclic amines) is 1. The molecule has 1 N–H and O–H groups in total. The molecule has 27 heavy (non-hydrogen) atoms. The van der Waals surface area contributed by atoms with Gasteiger partial charge in [0.05, 0.1) is 13.1 Å². The first kappa shape index (κ1) is 19.8. The Morgan fingerprint density at radius 2 is 1.59 bits per heavy atom. The average molecular weight is 373 g/mol. The lowest BCUT2D eigenvalue weighted by Gasteiger charge is -2.34. The van der Waals surface area contributed by atoms with Crippen LogP contribution in [0.5, 0.6) is 0 Å². The standard InChI is InChI=1S/C21H32N4O2/c1-3-18-8-6-7-17(2)21(18)22-19(26)15-23-11-13-24(14-12-23)16-20(27)25-9-4-5-10-25/h6-8H,3-5,9-16H2,1-2H3,(H,22,26). The summed E-state index contributed by atoms with van der Waals surface area (Å²) in [5.41, 5.74) is 3.24. The zero-order chi connectivity index (χ0) is 19.2. The number of para-hydroxylation sites is 1. The third-order valence-electron chi connectivity index (χ3n) is 5.65. The van der Waals surface area contributed by atoms with E-state index in [0.717, 1.165) is 69.8 Å². The van der Waals surface area contributed by atoms with Crippen LogP contribution in [0.3, 0.4) is 0 Å². The fraction of sp³-hybridized carbons (Fsp3) is 0.619. The molecule has 0 spiro atoms. The first-order valence-electron chi connectivity index (χ1n) is 10.2. The van der Waals surface area contributed by atoms with Crippen LogP contribution in [0.25, 0.3) is 0 Å². The van der Waals surface area contributed by atoms with Crippen LogP contribution >= 0.6 is 0 Å². The fourth-order valence-corrected chi connectivity index (χ4v) is 3.95. The number of carbonyl (C=O) groups excluding carboxylic acids is 2. The summed E-state index contributed by atoms with van der Waals surface area (Å²) in [4.78, 5) is 31.2. The van der Waals surface area contributed by atoms with E-state index in [1.807, 2.05) is 24.0 Å². The Balaban J connectivity index is 1.44. The van der Waals surface area contributed by atoms with Crippen LogP contribution in [0.15, 0.2) is 18.2 Å². The molecule has 2 aliphatic rings. The summed E-state index contributed by atoms with van der Waals surface area (Å²) in [5, 5.41) is 3.10. The Labute approximate surface area is 162 Å². The van der Waals surface area contributed by atoms with Crippen molar-refractivity contribution in [3.63, 3.8) is 0 Å². The van der Waals surface area contributed by atoms with Crippen molar-refractivity contribution in [1.82, 2.24) is 14.7 Å². The molecule has 2 heterocycles. The largest absolute Gasteiger partial charge is 0.342 e. The minimum Gasteiger partial charge on any atom is -0.342 e. The number of piperazine rings is 1. The second-order valence-corrected chi connectivity index (χ2v) is 7.65. The highest BCUT2D eigenvalue weighted by Crippen LogP contribution is 2.21. The van der Waals surface area contributed by atoms with E-state index in [0.29, 0.717) is 13.1 Å². The van der Waals surface area contributed by atoms with Crippen molar-refractivity contribution in [1.29, 1.82) is 0 Å². The van der Waals surface area contributed by atoms with Crippen molar-refractivity contribution in [2.75, 3.05) is 57.7 Å². The van der Waals surface area contributed by atoms with Gasteiger partial charge in [0.1, 0.15) is 0 Å². The predicted molar refractivity (Wildman–Crippen MR) is 108 cm³/mol. The maximum absolute atomic E-state index is 12.5. The van der Waals surface area contributed by atoms with Gasteiger partial charge in [-0.15, -0.1) is 0 Å². The Morgan fingerprint density at radius 3 is 2.22 bits per heavy atom.